The molecule has 1 fully saturated rings. The molecule has 0 bridgehead atoms. The van der Waals surface area contributed by atoms with Gasteiger partial charge < -0.3 is 10.6 Å². The van der Waals surface area contributed by atoms with E-state index in [1.54, 1.807) is 6.92 Å². The summed E-state index contributed by atoms with van der Waals surface area (Å²) in [5.41, 5.74) is 7.00. The molecule has 1 aromatic rings. The predicted molar refractivity (Wildman–Crippen MR) is 82.9 cm³/mol. The van der Waals surface area contributed by atoms with E-state index in [0.717, 1.165) is 23.0 Å². The summed E-state index contributed by atoms with van der Waals surface area (Å²) in [5, 5.41) is 0. The number of nitrogens with zero attached hydrogens (tertiary/aromatic N) is 1. The molecule has 1 amide bonds. The van der Waals surface area contributed by atoms with E-state index in [2.05, 4.69) is 27.8 Å². The maximum atomic E-state index is 11.8. The van der Waals surface area contributed by atoms with Gasteiger partial charge in [0.15, 0.2) is 5.78 Å². The highest BCUT2D eigenvalue weighted by molar-refractivity contribution is 9.10. The Morgan fingerprint density at radius 1 is 1.35 bits per heavy atom. The summed E-state index contributed by atoms with van der Waals surface area (Å²) in [7, 11) is 0. The molecule has 2 unspecified atom stereocenters. The summed E-state index contributed by atoms with van der Waals surface area (Å²) >= 11 is 3.45. The lowest BCUT2D eigenvalue weighted by molar-refractivity contribution is -0.122. The van der Waals surface area contributed by atoms with Gasteiger partial charge in [-0.15, -0.1) is 0 Å². The first-order valence-electron chi connectivity index (χ1n) is 6.76. The number of ketones is 1. The average Bonchev–Trinajstić information content (AvgIpc) is 2.38. The van der Waals surface area contributed by atoms with Crippen LogP contribution in [0, 0.1) is 5.92 Å². The number of benzene rings is 1. The van der Waals surface area contributed by atoms with Crippen molar-refractivity contribution in [2.45, 2.75) is 32.7 Å². The summed E-state index contributed by atoms with van der Waals surface area (Å²) in [6.07, 6.45) is 1.72. The monoisotopic (exact) mass is 338 g/mol. The molecule has 108 valence electrons. The Kier molecular flexibility index (Phi) is 4.48. The van der Waals surface area contributed by atoms with Crippen molar-refractivity contribution in [3.8, 4) is 0 Å². The molecule has 0 aliphatic carbocycles. The van der Waals surface area contributed by atoms with E-state index < -0.39 is 0 Å². The van der Waals surface area contributed by atoms with Gasteiger partial charge in [-0.1, -0.05) is 15.9 Å². The standard InChI is InChI=1S/C15H19BrN2O2/c1-9-3-4-11(15(17)20)8-18(9)14-7-12(16)5-6-13(14)10(2)19/h5-7,9,11H,3-4,8H2,1-2H3,(H2,17,20). The van der Waals surface area contributed by atoms with Gasteiger partial charge in [0.25, 0.3) is 0 Å². The van der Waals surface area contributed by atoms with Crippen LogP contribution in [-0.2, 0) is 4.79 Å². The first-order chi connectivity index (χ1) is 9.40. The summed E-state index contributed by atoms with van der Waals surface area (Å²) in [4.78, 5) is 25.4. The Morgan fingerprint density at radius 3 is 2.65 bits per heavy atom. The minimum atomic E-state index is -0.263. The number of Topliss-reactive ketones (excluding diaryl/α,β-unsaturated/α-hetero) is 1. The number of amides is 1. The van der Waals surface area contributed by atoms with Crippen molar-refractivity contribution in [2.24, 2.45) is 11.7 Å². The van der Waals surface area contributed by atoms with E-state index in [0.29, 0.717) is 12.1 Å². The highest BCUT2D eigenvalue weighted by atomic mass is 79.9. The largest absolute Gasteiger partial charge is 0.369 e. The molecule has 1 aromatic carbocycles. The van der Waals surface area contributed by atoms with Gasteiger partial charge >= 0.3 is 0 Å². The van der Waals surface area contributed by atoms with Crippen LogP contribution in [0.15, 0.2) is 22.7 Å². The van der Waals surface area contributed by atoms with Crippen molar-refractivity contribution < 1.29 is 9.59 Å². The molecule has 1 aliphatic heterocycles. The van der Waals surface area contributed by atoms with E-state index in [1.807, 2.05) is 18.2 Å². The average molecular weight is 339 g/mol. The van der Waals surface area contributed by atoms with E-state index in [1.165, 1.54) is 0 Å². The topological polar surface area (TPSA) is 63.4 Å². The maximum absolute atomic E-state index is 11.8. The lowest BCUT2D eigenvalue weighted by Gasteiger charge is -2.39. The van der Waals surface area contributed by atoms with E-state index in [4.69, 9.17) is 5.73 Å². The molecule has 1 heterocycles. The molecule has 20 heavy (non-hydrogen) atoms. The lowest BCUT2D eigenvalue weighted by Crippen LogP contribution is -2.46. The van der Waals surface area contributed by atoms with E-state index in [9.17, 15) is 9.59 Å². The third-order valence-electron chi connectivity index (χ3n) is 3.93. The number of carbonyl (C=O) groups is 2. The minimum Gasteiger partial charge on any atom is -0.369 e. The molecule has 0 aromatic heterocycles. The fraction of sp³-hybridized carbons (Fsp3) is 0.467. The fourth-order valence-electron chi connectivity index (χ4n) is 2.72. The second-order valence-electron chi connectivity index (χ2n) is 5.40. The number of anilines is 1. The number of piperidine rings is 1. The zero-order chi connectivity index (χ0) is 14.9. The molecule has 2 rings (SSSR count). The van der Waals surface area contributed by atoms with Crippen LogP contribution in [-0.4, -0.2) is 24.3 Å². The molecule has 0 saturated carbocycles. The Morgan fingerprint density at radius 2 is 2.05 bits per heavy atom. The van der Waals surface area contributed by atoms with Gasteiger partial charge in [-0.05, 0) is 44.9 Å². The van der Waals surface area contributed by atoms with E-state index >= 15 is 0 Å². The molecular formula is C15H19BrN2O2. The number of hydrogen-bond acceptors (Lipinski definition) is 3. The molecule has 4 nitrogen and oxygen atoms in total. The van der Waals surface area contributed by atoms with Crippen LogP contribution >= 0.6 is 15.9 Å². The van der Waals surface area contributed by atoms with Crippen molar-refractivity contribution in [1.29, 1.82) is 0 Å². The summed E-state index contributed by atoms with van der Waals surface area (Å²) < 4.78 is 0.922. The molecule has 0 radical (unpaired) electrons. The van der Waals surface area contributed by atoms with Crippen molar-refractivity contribution in [3.63, 3.8) is 0 Å². The molecule has 2 N–H and O–H groups in total. The van der Waals surface area contributed by atoms with Crippen LogP contribution in [0.25, 0.3) is 0 Å². The molecule has 0 spiro atoms. The Balaban J connectivity index is 2.40. The second-order valence-corrected chi connectivity index (χ2v) is 6.31. The molecule has 5 heteroatoms. The number of nitrogens with two attached hydrogens (primary N) is 1. The molecule has 1 saturated heterocycles. The van der Waals surface area contributed by atoms with Crippen LogP contribution in [0.2, 0.25) is 0 Å². The zero-order valence-corrected chi connectivity index (χ0v) is 13.3. The SMILES string of the molecule is CC(=O)c1ccc(Br)cc1N1CC(C(N)=O)CCC1C. The van der Waals surface area contributed by atoms with Crippen LogP contribution in [0.4, 0.5) is 5.69 Å². The summed E-state index contributed by atoms with van der Waals surface area (Å²) in [6, 6.07) is 5.91. The highest BCUT2D eigenvalue weighted by Crippen LogP contribution is 2.32. The van der Waals surface area contributed by atoms with Gasteiger partial charge in [0.2, 0.25) is 5.91 Å². The van der Waals surface area contributed by atoms with Crippen molar-refractivity contribution in [2.75, 3.05) is 11.4 Å². The number of rotatable bonds is 3. The Bertz CT molecular complexity index is 545. The fourth-order valence-corrected chi connectivity index (χ4v) is 3.06. The van der Waals surface area contributed by atoms with Crippen LogP contribution in [0.1, 0.15) is 37.0 Å². The minimum absolute atomic E-state index is 0.0286. The van der Waals surface area contributed by atoms with Gasteiger partial charge in [0, 0.05) is 28.3 Å². The number of hydrogen-bond donors (Lipinski definition) is 1. The quantitative estimate of drug-likeness (QED) is 0.862. The molecule has 2 atom stereocenters. The first kappa shape index (κ1) is 15.0. The lowest BCUT2D eigenvalue weighted by atomic mass is 9.91. The molecular weight excluding hydrogens is 320 g/mol. The van der Waals surface area contributed by atoms with Crippen molar-refractivity contribution >= 4 is 33.3 Å². The van der Waals surface area contributed by atoms with Crippen LogP contribution in [0.5, 0.6) is 0 Å². The smallest absolute Gasteiger partial charge is 0.222 e. The molecule has 1 aliphatic rings. The summed E-state index contributed by atoms with van der Waals surface area (Å²) in [6.45, 7) is 4.25. The number of primary amides is 1. The zero-order valence-electron chi connectivity index (χ0n) is 11.7. The summed E-state index contributed by atoms with van der Waals surface area (Å²) in [5.74, 6) is -0.382. The maximum Gasteiger partial charge on any atom is 0.222 e. The Labute approximate surface area is 127 Å². The highest BCUT2D eigenvalue weighted by Gasteiger charge is 2.30. The van der Waals surface area contributed by atoms with Crippen LogP contribution < -0.4 is 10.6 Å². The normalized spacial score (nSPS) is 22.6. The predicted octanol–water partition coefficient (Wildman–Crippen LogP) is 2.74. The van der Waals surface area contributed by atoms with Crippen molar-refractivity contribution in [1.82, 2.24) is 0 Å². The van der Waals surface area contributed by atoms with Crippen LogP contribution in [0.3, 0.4) is 0 Å². The van der Waals surface area contributed by atoms with Crippen molar-refractivity contribution in [3.05, 3.63) is 28.2 Å². The van der Waals surface area contributed by atoms with Gasteiger partial charge in [-0.25, -0.2) is 0 Å². The number of carbonyl (C=O) groups excluding carboxylic acids is 2. The third kappa shape index (κ3) is 3.03. The van der Waals surface area contributed by atoms with Gasteiger partial charge in [-0.3, -0.25) is 9.59 Å². The second kappa shape index (κ2) is 5.95. The number of halogens is 1. The van der Waals surface area contributed by atoms with Gasteiger partial charge in [0.05, 0.1) is 5.92 Å². The van der Waals surface area contributed by atoms with Gasteiger partial charge in [-0.2, -0.15) is 0 Å². The van der Waals surface area contributed by atoms with E-state index in [-0.39, 0.29) is 23.7 Å². The van der Waals surface area contributed by atoms with Gasteiger partial charge in [0.1, 0.15) is 0 Å². The Hall–Kier alpha value is -1.36. The first-order valence-corrected chi connectivity index (χ1v) is 7.56. The third-order valence-corrected chi connectivity index (χ3v) is 4.43.